The Morgan fingerprint density at radius 2 is 1.93 bits per heavy atom. The second-order valence-electron chi connectivity index (χ2n) is 4.12. The summed E-state index contributed by atoms with van der Waals surface area (Å²) in [5.74, 6) is 0.774. The molecule has 0 radical (unpaired) electrons. The van der Waals surface area contributed by atoms with E-state index in [4.69, 9.17) is 0 Å². The first kappa shape index (κ1) is 11.1. The van der Waals surface area contributed by atoms with Crippen LogP contribution in [-0.2, 0) is 6.42 Å². The maximum atomic E-state index is 3.50. The molecule has 0 heterocycles. The third-order valence-electron chi connectivity index (χ3n) is 2.44. The number of benzene rings is 1. The summed E-state index contributed by atoms with van der Waals surface area (Å²) in [6.07, 6.45) is 2.34. The van der Waals surface area contributed by atoms with Gasteiger partial charge in [-0.15, -0.1) is 0 Å². The molecular weight excluding hydrogens is 170 g/mol. The Bertz CT molecular complexity index is 266. The second kappa shape index (κ2) is 5.69. The Labute approximate surface area is 87.5 Å². The molecule has 0 spiro atoms. The fourth-order valence-electron chi connectivity index (χ4n) is 1.50. The minimum absolute atomic E-state index is 0.774. The van der Waals surface area contributed by atoms with Crippen molar-refractivity contribution in [3.63, 3.8) is 0 Å². The van der Waals surface area contributed by atoms with Gasteiger partial charge in [-0.3, -0.25) is 0 Å². The SMILES string of the molecule is CCc1ccccc1NCCC(C)C. The minimum atomic E-state index is 0.774. The van der Waals surface area contributed by atoms with Crippen molar-refractivity contribution in [3.05, 3.63) is 29.8 Å². The zero-order valence-corrected chi connectivity index (χ0v) is 9.51. The fraction of sp³-hybridized carbons (Fsp3) is 0.538. The highest BCUT2D eigenvalue weighted by molar-refractivity contribution is 5.50. The van der Waals surface area contributed by atoms with Gasteiger partial charge in [0.1, 0.15) is 0 Å². The Morgan fingerprint density at radius 1 is 1.21 bits per heavy atom. The lowest BCUT2D eigenvalue weighted by molar-refractivity contribution is 0.607. The van der Waals surface area contributed by atoms with E-state index >= 15 is 0 Å². The first-order valence-electron chi connectivity index (χ1n) is 5.55. The molecule has 0 unspecified atom stereocenters. The smallest absolute Gasteiger partial charge is 0.0372 e. The van der Waals surface area contributed by atoms with Gasteiger partial charge in [0.05, 0.1) is 0 Å². The maximum absolute atomic E-state index is 3.50. The number of para-hydroxylation sites is 1. The van der Waals surface area contributed by atoms with Gasteiger partial charge in [0.2, 0.25) is 0 Å². The van der Waals surface area contributed by atoms with E-state index < -0.39 is 0 Å². The molecule has 1 heteroatoms. The first-order valence-corrected chi connectivity index (χ1v) is 5.55. The second-order valence-corrected chi connectivity index (χ2v) is 4.12. The molecule has 0 bridgehead atoms. The molecule has 1 aromatic carbocycles. The molecule has 1 N–H and O–H groups in total. The molecular formula is C13H21N. The number of anilines is 1. The Hall–Kier alpha value is -0.980. The highest BCUT2D eigenvalue weighted by Gasteiger charge is 1.98. The van der Waals surface area contributed by atoms with Crippen molar-refractivity contribution in [3.8, 4) is 0 Å². The van der Waals surface area contributed by atoms with Gasteiger partial charge in [-0.25, -0.2) is 0 Å². The highest BCUT2D eigenvalue weighted by Crippen LogP contribution is 2.15. The van der Waals surface area contributed by atoms with Crippen LogP contribution in [0.4, 0.5) is 5.69 Å². The van der Waals surface area contributed by atoms with Crippen LogP contribution in [0.5, 0.6) is 0 Å². The van der Waals surface area contributed by atoms with Gasteiger partial charge in [0, 0.05) is 12.2 Å². The molecule has 0 saturated carbocycles. The van der Waals surface area contributed by atoms with Gasteiger partial charge >= 0.3 is 0 Å². The summed E-state index contributed by atoms with van der Waals surface area (Å²) in [6, 6.07) is 8.56. The van der Waals surface area contributed by atoms with Crippen molar-refractivity contribution >= 4 is 5.69 Å². The minimum Gasteiger partial charge on any atom is -0.385 e. The summed E-state index contributed by atoms with van der Waals surface area (Å²) in [4.78, 5) is 0. The summed E-state index contributed by atoms with van der Waals surface area (Å²) >= 11 is 0. The van der Waals surface area contributed by atoms with Crippen molar-refractivity contribution in [2.75, 3.05) is 11.9 Å². The highest BCUT2D eigenvalue weighted by atomic mass is 14.9. The third kappa shape index (κ3) is 3.41. The molecule has 78 valence electrons. The van der Waals surface area contributed by atoms with Crippen molar-refractivity contribution in [1.82, 2.24) is 0 Å². The quantitative estimate of drug-likeness (QED) is 0.748. The van der Waals surface area contributed by atoms with Crippen molar-refractivity contribution in [2.24, 2.45) is 5.92 Å². The largest absolute Gasteiger partial charge is 0.385 e. The molecule has 0 saturated heterocycles. The van der Waals surface area contributed by atoms with E-state index in [1.54, 1.807) is 0 Å². The maximum Gasteiger partial charge on any atom is 0.0372 e. The lowest BCUT2D eigenvalue weighted by atomic mass is 10.1. The molecule has 1 nitrogen and oxygen atoms in total. The van der Waals surface area contributed by atoms with E-state index in [0.717, 1.165) is 18.9 Å². The standard InChI is InChI=1S/C13H21N/c1-4-12-7-5-6-8-13(12)14-10-9-11(2)3/h5-8,11,14H,4,9-10H2,1-3H3. The lowest BCUT2D eigenvalue weighted by Gasteiger charge is -2.11. The molecule has 0 aliphatic carbocycles. The van der Waals surface area contributed by atoms with Crippen LogP contribution >= 0.6 is 0 Å². The number of hydrogen-bond donors (Lipinski definition) is 1. The van der Waals surface area contributed by atoms with Crippen LogP contribution in [0.25, 0.3) is 0 Å². The van der Waals surface area contributed by atoms with E-state index in [1.165, 1.54) is 17.7 Å². The van der Waals surface area contributed by atoms with Crippen LogP contribution < -0.4 is 5.32 Å². The first-order chi connectivity index (χ1) is 6.74. The van der Waals surface area contributed by atoms with Crippen LogP contribution in [0.15, 0.2) is 24.3 Å². The predicted octanol–water partition coefficient (Wildman–Crippen LogP) is 3.71. The predicted molar refractivity (Wildman–Crippen MR) is 63.8 cm³/mol. The zero-order chi connectivity index (χ0) is 10.4. The summed E-state index contributed by atoms with van der Waals surface area (Å²) in [6.45, 7) is 7.79. The molecule has 0 atom stereocenters. The molecule has 14 heavy (non-hydrogen) atoms. The fourth-order valence-corrected chi connectivity index (χ4v) is 1.50. The van der Waals surface area contributed by atoms with E-state index in [-0.39, 0.29) is 0 Å². The summed E-state index contributed by atoms with van der Waals surface area (Å²) in [5.41, 5.74) is 2.71. The zero-order valence-electron chi connectivity index (χ0n) is 9.51. The average molecular weight is 191 g/mol. The van der Waals surface area contributed by atoms with E-state index in [1.807, 2.05) is 0 Å². The topological polar surface area (TPSA) is 12.0 Å². The van der Waals surface area contributed by atoms with E-state index in [0.29, 0.717) is 0 Å². The normalized spacial score (nSPS) is 10.6. The number of hydrogen-bond acceptors (Lipinski definition) is 1. The Kier molecular flexibility index (Phi) is 4.51. The van der Waals surface area contributed by atoms with Crippen molar-refractivity contribution in [2.45, 2.75) is 33.6 Å². The van der Waals surface area contributed by atoms with Crippen LogP contribution in [0.2, 0.25) is 0 Å². The number of rotatable bonds is 5. The van der Waals surface area contributed by atoms with Crippen LogP contribution in [0.3, 0.4) is 0 Å². The van der Waals surface area contributed by atoms with Crippen LogP contribution in [0.1, 0.15) is 32.8 Å². The van der Waals surface area contributed by atoms with Crippen LogP contribution in [0, 0.1) is 5.92 Å². The molecule has 0 fully saturated rings. The van der Waals surface area contributed by atoms with Gasteiger partial charge in [-0.1, -0.05) is 39.0 Å². The average Bonchev–Trinajstić information content (AvgIpc) is 2.18. The van der Waals surface area contributed by atoms with Crippen LogP contribution in [-0.4, -0.2) is 6.54 Å². The monoisotopic (exact) mass is 191 g/mol. The van der Waals surface area contributed by atoms with Gasteiger partial charge in [-0.2, -0.15) is 0 Å². The van der Waals surface area contributed by atoms with Gasteiger partial charge in [0.25, 0.3) is 0 Å². The summed E-state index contributed by atoms with van der Waals surface area (Å²) in [7, 11) is 0. The molecule has 0 aliphatic heterocycles. The molecule has 0 aliphatic rings. The van der Waals surface area contributed by atoms with E-state index in [9.17, 15) is 0 Å². The van der Waals surface area contributed by atoms with Crippen molar-refractivity contribution < 1.29 is 0 Å². The Balaban J connectivity index is 2.49. The Morgan fingerprint density at radius 3 is 2.57 bits per heavy atom. The third-order valence-corrected chi connectivity index (χ3v) is 2.44. The molecule has 0 amide bonds. The van der Waals surface area contributed by atoms with Gasteiger partial charge < -0.3 is 5.32 Å². The van der Waals surface area contributed by atoms with E-state index in [2.05, 4.69) is 50.4 Å². The summed E-state index contributed by atoms with van der Waals surface area (Å²) < 4.78 is 0. The number of nitrogens with one attached hydrogen (secondary N) is 1. The van der Waals surface area contributed by atoms with Gasteiger partial charge in [0.15, 0.2) is 0 Å². The molecule has 1 aromatic rings. The van der Waals surface area contributed by atoms with Crippen molar-refractivity contribution in [1.29, 1.82) is 0 Å². The lowest BCUT2D eigenvalue weighted by Crippen LogP contribution is -2.06. The number of aryl methyl sites for hydroxylation is 1. The summed E-state index contributed by atoms with van der Waals surface area (Å²) in [5, 5.41) is 3.50. The molecule has 0 aromatic heterocycles. The molecule has 1 rings (SSSR count). The van der Waals surface area contributed by atoms with Gasteiger partial charge in [-0.05, 0) is 30.4 Å².